The van der Waals surface area contributed by atoms with Crippen molar-refractivity contribution in [1.29, 1.82) is 0 Å². The third-order valence-corrected chi connectivity index (χ3v) is 4.61. The Morgan fingerprint density at radius 3 is 2.74 bits per heavy atom. The lowest BCUT2D eigenvalue weighted by Gasteiger charge is -2.11. The lowest BCUT2D eigenvalue weighted by atomic mass is 10.1. The predicted molar refractivity (Wildman–Crippen MR) is 107 cm³/mol. The van der Waals surface area contributed by atoms with Crippen LogP contribution in [0.3, 0.4) is 0 Å². The Morgan fingerprint density at radius 1 is 0.926 bits per heavy atom. The van der Waals surface area contributed by atoms with Crippen molar-refractivity contribution < 1.29 is 14.2 Å². The van der Waals surface area contributed by atoms with Gasteiger partial charge in [-0.05, 0) is 46.3 Å². The molecule has 0 aliphatic carbocycles. The lowest BCUT2D eigenvalue weighted by molar-refractivity contribution is 0.0763. The molecule has 2 heterocycles. The number of hydrogen-bond acceptors (Lipinski definition) is 6. The van der Waals surface area contributed by atoms with E-state index >= 15 is 0 Å². The number of anilines is 2. The monoisotopic (exact) mass is 427 g/mol. The van der Waals surface area contributed by atoms with E-state index in [4.69, 9.17) is 14.2 Å². The molecule has 0 amide bonds. The van der Waals surface area contributed by atoms with Gasteiger partial charge in [-0.25, -0.2) is 9.97 Å². The van der Waals surface area contributed by atoms with Crippen molar-refractivity contribution in [3.8, 4) is 22.8 Å². The van der Waals surface area contributed by atoms with Gasteiger partial charge in [0.1, 0.15) is 24.7 Å². The third kappa shape index (κ3) is 4.56. The van der Waals surface area contributed by atoms with Crippen molar-refractivity contribution in [2.24, 2.45) is 0 Å². The number of rotatable bonds is 0. The first kappa shape index (κ1) is 17.8. The van der Waals surface area contributed by atoms with E-state index in [1.807, 2.05) is 48.5 Å². The fourth-order valence-electron chi connectivity index (χ4n) is 2.68. The van der Waals surface area contributed by atoms with Crippen molar-refractivity contribution in [1.82, 2.24) is 9.97 Å². The minimum absolute atomic E-state index is 0.448. The Labute approximate surface area is 165 Å². The van der Waals surface area contributed by atoms with Gasteiger partial charge in [-0.3, -0.25) is 0 Å². The normalized spacial score (nSPS) is 14.3. The predicted octanol–water partition coefficient (Wildman–Crippen LogP) is 4.44. The minimum Gasteiger partial charge on any atom is -0.491 e. The Hall–Kier alpha value is -2.64. The molecule has 0 radical (unpaired) electrons. The van der Waals surface area contributed by atoms with Gasteiger partial charge in [0.25, 0.3) is 0 Å². The van der Waals surface area contributed by atoms with Gasteiger partial charge in [-0.2, -0.15) is 0 Å². The molecule has 6 bridgehead atoms. The van der Waals surface area contributed by atoms with E-state index < -0.39 is 0 Å². The largest absolute Gasteiger partial charge is 0.491 e. The molecule has 2 aromatic carbocycles. The van der Waals surface area contributed by atoms with Crippen LogP contribution in [-0.2, 0) is 4.74 Å². The van der Waals surface area contributed by atoms with Crippen LogP contribution in [0.4, 0.5) is 11.6 Å². The van der Waals surface area contributed by atoms with Crippen LogP contribution in [0.1, 0.15) is 0 Å². The highest BCUT2D eigenvalue weighted by atomic mass is 79.9. The standard InChI is InChI=1S/C20H18BrN3O3/c21-17-5-4-15-13-19(17)27-11-9-25-8-10-26-16-3-1-2-14(12-16)18-6-7-22-20(23-15)24-18/h1-7,12-13H,8-11H2,(H,22,23,24). The highest BCUT2D eigenvalue weighted by Gasteiger charge is 2.08. The van der Waals surface area contributed by atoms with Gasteiger partial charge >= 0.3 is 0 Å². The molecule has 1 aromatic heterocycles. The molecule has 0 spiro atoms. The van der Waals surface area contributed by atoms with Crippen molar-refractivity contribution >= 4 is 27.6 Å². The number of halogens is 1. The average molecular weight is 428 g/mol. The van der Waals surface area contributed by atoms with E-state index in [1.165, 1.54) is 0 Å². The van der Waals surface area contributed by atoms with Gasteiger partial charge in [0.05, 0.1) is 23.4 Å². The average Bonchev–Trinajstić information content (AvgIpc) is 2.69. The molecule has 3 aromatic rings. The number of nitrogens with one attached hydrogen (secondary N) is 1. The van der Waals surface area contributed by atoms with Crippen molar-refractivity contribution in [3.05, 3.63) is 59.2 Å². The van der Waals surface area contributed by atoms with Crippen LogP contribution in [0.5, 0.6) is 11.5 Å². The molecular weight excluding hydrogens is 410 g/mol. The van der Waals surface area contributed by atoms with E-state index in [9.17, 15) is 0 Å². The number of nitrogens with zero attached hydrogens (tertiary/aromatic N) is 2. The molecule has 7 heteroatoms. The summed E-state index contributed by atoms with van der Waals surface area (Å²) in [4.78, 5) is 8.93. The summed E-state index contributed by atoms with van der Waals surface area (Å²) in [6.07, 6.45) is 1.73. The van der Waals surface area contributed by atoms with Crippen LogP contribution in [0.15, 0.2) is 59.2 Å². The van der Waals surface area contributed by atoms with Crippen LogP contribution in [0.25, 0.3) is 11.3 Å². The van der Waals surface area contributed by atoms with E-state index in [-0.39, 0.29) is 0 Å². The molecule has 27 heavy (non-hydrogen) atoms. The van der Waals surface area contributed by atoms with E-state index in [1.54, 1.807) is 6.20 Å². The molecule has 4 rings (SSSR count). The van der Waals surface area contributed by atoms with Gasteiger partial charge in [0, 0.05) is 23.5 Å². The fourth-order valence-corrected chi connectivity index (χ4v) is 3.04. The van der Waals surface area contributed by atoms with Crippen molar-refractivity contribution in [2.75, 3.05) is 31.7 Å². The molecule has 1 aliphatic heterocycles. The third-order valence-electron chi connectivity index (χ3n) is 3.95. The van der Waals surface area contributed by atoms with E-state index in [2.05, 4.69) is 31.2 Å². The summed E-state index contributed by atoms with van der Waals surface area (Å²) in [5, 5.41) is 3.23. The summed E-state index contributed by atoms with van der Waals surface area (Å²) in [7, 11) is 0. The Balaban J connectivity index is 1.68. The van der Waals surface area contributed by atoms with Crippen LogP contribution >= 0.6 is 15.9 Å². The summed E-state index contributed by atoms with van der Waals surface area (Å²) >= 11 is 3.51. The lowest BCUT2D eigenvalue weighted by Crippen LogP contribution is -2.12. The molecule has 0 saturated heterocycles. The maximum Gasteiger partial charge on any atom is 0.227 e. The van der Waals surface area contributed by atoms with Crippen molar-refractivity contribution in [3.63, 3.8) is 0 Å². The minimum atomic E-state index is 0.448. The molecule has 1 N–H and O–H groups in total. The molecule has 0 fully saturated rings. The van der Waals surface area contributed by atoms with E-state index in [0.29, 0.717) is 32.4 Å². The number of ether oxygens (including phenoxy) is 3. The maximum atomic E-state index is 5.80. The van der Waals surface area contributed by atoms with Gasteiger partial charge < -0.3 is 19.5 Å². The van der Waals surface area contributed by atoms with Crippen molar-refractivity contribution in [2.45, 2.75) is 0 Å². The number of fused-ring (bicyclic) bond motifs is 7. The first-order valence-electron chi connectivity index (χ1n) is 8.61. The molecule has 6 nitrogen and oxygen atoms in total. The highest BCUT2D eigenvalue weighted by Crippen LogP contribution is 2.30. The quantitative estimate of drug-likeness (QED) is 0.571. The smallest absolute Gasteiger partial charge is 0.227 e. The zero-order chi connectivity index (χ0) is 18.5. The van der Waals surface area contributed by atoms with Gasteiger partial charge in [-0.15, -0.1) is 0 Å². The SMILES string of the molecule is Brc1ccc2cc1OCCOCCOc1cccc(c1)-c1ccnc(n1)N2. The van der Waals surface area contributed by atoms with Crippen LogP contribution in [0, 0.1) is 0 Å². The maximum absolute atomic E-state index is 5.80. The van der Waals surface area contributed by atoms with E-state index in [0.717, 1.165) is 32.9 Å². The summed E-state index contributed by atoms with van der Waals surface area (Å²) in [6, 6.07) is 15.5. The number of aromatic nitrogens is 2. The second kappa shape index (κ2) is 8.37. The molecule has 0 saturated carbocycles. The fraction of sp³-hybridized carbons (Fsp3) is 0.200. The van der Waals surface area contributed by atoms with Gasteiger partial charge in [0.2, 0.25) is 5.95 Å². The Kier molecular flexibility index (Phi) is 5.50. The summed E-state index contributed by atoms with van der Waals surface area (Å²) in [5.41, 5.74) is 2.61. The molecular formula is C20H18BrN3O3. The van der Waals surface area contributed by atoms with Crippen LogP contribution in [-0.4, -0.2) is 36.4 Å². The zero-order valence-electron chi connectivity index (χ0n) is 14.5. The second-order valence-electron chi connectivity index (χ2n) is 5.87. The topological polar surface area (TPSA) is 65.5 Å². The summed E-state index contributed by atoms with van der Waals surface area (Å²) in [5.74, 6) is 2.02. The zero-order valence-corrected chi connectivity index (χ0v) is 16.1. The van der Waals surface area contributed by atoms with Gasteiger partial charge in [-0.1, -0.05) is 12.1 Å². The molecule has 1 aliphatic rings. The van der Waals surface area contributed by atoms with Crippen LogP contribution < -0.4 is 14.8 Å². The number of hydrogen-bond donors (Lipinski definition) is 1. The summed E-state index contributed by atoms with van der Waals surface area (Å²) in [6.45, 7) is 1.90. The van der Waals surface area contributed by atoms with Gasteiger partial charge in [0.15, 0.2) is 0 Å². The summed E-state index contributed by atoms with van der Waals surface area (Å²) < 4.78 is 18.0. The first-order chi connectivity index (χ1) is 13.3. The molecule has 0 unspecified atom stereocenters. The molecule has 138 valence electrons. The second-order valence-corrected chi connectivity index (χ2v) is 6.73. The Morgan fingerprint density at radius 2 is 1.81 bits per heavy atom. The molecule has 0 atom stereocenters. The number of benzene rings is 2. The van der Waals surface area contributed by atoms with Crippen LogP contribution in [0.2, 0.25) is 0 Å². The Bertz CT molecular complexity index is 936. The first-order valence-corrected chi connectivity index (χ1v) is 9.41. The highest BCUT2D eigenvalue weighted by molar-refractivity contribution is 9.10.